The minimum atomic E-state index is 0.760. The Morgan fingerprint density at radius 2 is 1.89 bits per heavy atom. The van der Waals surface area contributed by atoms with Crippen molar-refractivity contribution in [3.05, 3.63) is 65.3 Å². The summed E-state index contributed by atoms with van der Waals surface area (Å²) in [6, 6.07) is 16.1. The highest BCUT2D eigenvalue weighted by molar-refractivity contribution is 6.31. The van der Waals surface area contributed by atoms with E-state index in [1.54, 1.807) is 7.11 Å². The number of hydrogen-bond acceptors (Lipinski definition) is 1. The van der Waals surface area contributed by atoms with Gasteiger partial charge in [0.2, 0.25) is 0 Å². The maximum Gasteiger partial charge on any atom is 0.128 e. The van der Waals surface area contributed by atoms with Gasteiger partial charge in [0.15, 0.2) is 0 Å². The van der Waals surface area contributed by atoms with Crippen molar-refractivity contribution in [2.45, 2.75) is 6.54 Å². The molecular weight excluding hydrogens is 258 g/mol. The molecule has 0 bridgehead atoms. The van der Waals surface area contributed by atoms with E-state index in [0.29, 0.717) is 0 Å². The molecule has 1 heterocycles. The Morgan fingerprint density at radius 1 is 1.05 bits per heavy atom. The number of fused-ring (bicyclic) bond motifs is 1. The summed E-state index contributed by atoms with van der Waals surface area (Å²) in [5.74, 6) is 0.899. The van der Waals surface area contributed by atoms with Crippen LogP contribution in [0.15, 0.2) is 54.7 Å². The number of methoxy groups -OCH3 is 1. The van der Waals surface area contributed by atoms with Crippen LogP contribution in [0.4, 0.5) is 0 Å². The molecule has 0 atom stereocenters. The zero-order chi connectivity index (χ0) is 13.2. The van der Waals surface area contributed by atoms with Crippen molar-refractivity contribution in [1.29, 1.82) is 0 Å². The fourth-order valence-corrected chi connectivity index (χ4v) is 2.52. The minimum absolute atomic E-state index is 0.760. The average Bonchev–Trinajstić information content (AvgIpc) is 2.84. The van der Waals surface area contributed by atoms with Crippen molar-refractivity contribution in [1.82, 2.24) is 4.57 Å². The second-order valence-corrected chi connectivity index (χ2v) is 4.84. The van der Waals surface area contributed by atoms with Crippen LogP contribution in [0.25, 0.3) is 10.9 Å². The van der Waals surface area contributed by atoms with Crippen molar-refractivity contribution < 1.29 is 4.74 Å². The number of ether oxygens (including phenoxy) is 1. The van der Waals surface area contributed by atoms with Crippen molar-refractivity contribution in [3.63, 3.8) is 0 Å². The maximum absolute atomic E-state index is 6.21. The predicted molar refractivity (Wildman–Crippen MR) is 79.0 cm³/mol. The fraction of sp³-hybridized carbons (Fsp3) is 0.125. The van der Waals surface area contributed by atoms with Crippen LogP contribution in [-0.4, -0.2) is 11.7 Å². The lowest BCUT2D eigenvalue weighted by atomic mass is 10.2. The van der Waals surface area contributed by atoms with E-state index >= 15 is 0 Å². The van der Waals surface area contributed by atoms with Gasteiger partial charge in [-0.15, -0.1) is 0 Å². The lowest BCUT2D eigenvalue weighted by molar-refractivity contribution is 0.420. The van der Waals surface area contributed by atoms with E-state index in [9.17, 15) is 0 Å². The molecular formula is C16H14ClNO. The Balaban J connectivity index is 2.05. The Labute approximate surface area is 117 Å². The van der Waals surface area contributed by atoms with Crippen LogP contribution < -0.4 is 4.74 Å². The molecule has 0 aliphatic rings. The van der Waals surface area contributed by atoms with Crippen molar-refractivity contribution in [2.75, 3.05) is 7.11 Å². The van der Waals surface area contributed by atoms with Gasteiger partial charge >= 0.3 is 0 Å². The minimum Gasteiger partial charge on any atom is -0.496 e. The molecule has 3 heteroatoms. The van der Waals surface area contributed by atoms with Gasteiger partial charge in [-0.3, -0.25) is 0 Å². The van der Waals surface area contributed by atoms with E-state index in [2.05, 4.69) is 22.9 Å². The summed E-state index contributed by atoms with van der Waals surface area (Å²) < 4.78 is 7.55. The Hall–Kier alpha value is -1.93. The fourth-order valence-electron chi connectivity index (χ4n) is 2.32. The summed E-state index contributed by atoms with van der Waals surface area (Å²) in [7, 11) is 1.69. The first-order valence-corrected chi connectivity index (χ1v) is 6.52. The lowest BCUT2D eigenvalue weighted by Gasteiger charge is -2.08. The van der Waals surface area contributed by atoms with Gasteiger partial charge in [-0.05, 0) is 29.8 Å². The highest BCUT2D eigenvalue weighted by Gasteiger charge is 2.07. The van der Waals surface area contributed by atoms with E-state index < -0.39 is 0 Å². The topological polar surface area (TPSA) is 14.2 Å². The normalized spacial score (nSPS) is 10.8. The number of aromatic nitrogens is 1. The van der Waals surface area contributed by atoms with Crippen LogP contribution in [0, 0.1) is 0 Å². The molecule has 0 aliphatic carbocycles. The summed E-state index contributed by atoms with van der Waals surface area (Å²) in [6.45, 7) is 0.760. The molecule has 0 aliphatic heterocycles. The third-order valence-corrected chi connectivity index (χ3v) is 3.66. The van der Waals surface area contributed by atoms with Gasteiger partial charge in [0, 0.05) is 23.2 Å². The van der Waals surface area contributed by atoms with E-state index in [-0.39, 0.29) is 0 Å². The number of rotatable bonds is 3. The van der Waals surface area contributed by atoms with Crippen molar-refractivity contribution in [3.8, 4) is 5.75 Å². The molecule has 0 spiro atoms. The molecule has 19 heavy (non-hydrogen) atoms. The monoisotopic (exact) mass is 271 g/mol. The molecule has 3 rings (SSSR count). The SMILES string of the molecule is COc1cccc2c1ccn2Cc1ccccc1Cl. The summed E-state index contributed by atoms with van der Waals surface area (Å²) >= 11 is 6.21. The number of halogens is 1. The van der Waals surface area contributed by atoms with Crippen LogP contribution in [-0.2, 0) is 6.54 Å². The van der Waals surface area contributed by atoms with Crippen molar-refractivity contribution in [2.24, 2.45) is 0 Å². The zero-order valence-electron chi connectivity index (χ0n) is 10.6. The van der Waals surface area contributed by atoms with E-state index in [4.69, 9.17) is 16.3 Å². The Morgan fingerprint density at radius 3 is 2.68 bits per heavy atom. The third kappa shape index (κ3) is 2.20. The highest BCUT2D eigenvalue weighted by Crippen LogP contribution is 2.27. The third-order valence-electron chi connectivity index (χ3n) is 3.29. The first-order valence-electron chi connectivity index (χ1n) is 6.15. The number of benzene rings is 2. The van der Waals surface area contributed by atoms with Crippen LogP contribution in [0.5, 0.6) is 5.75 Å². The first kappa shape index (κ1) is 12.1. The van der Waals surface area contributed by atoms with Gasteiger partial charge < -0.3 is 9.30 Å². The molecule has 0 saturated carbocycles. The average molecular weight is 272 g/mol. The molecule has 96 valence electrons. The van der Waals surface area contributed by atoms with Crippen LogP contribution in [0.3, 0.4) is 0 Å². The summed E-state index contributed by atoms with van der Waals surface area (Å²) in [5.41, 5.74) is 2.27. The van der Waals surface area contributed by atoms with Crippen molar-refractivity contribution >= 4 is 22.5 Å². The lowest BCUT2D eigenvalue weighted by Crippen LogP contribution is -1.98. The van der Waals surface area contributed by atoms with E-state index in [0.717, 1.165) is 33.8 Å². The molecule has 2 nitrogen and oxygen atoms in total. The summed E-state index contributed by atoms with van der Waals surface area (Å²) in [6.07, 6.45) is 2.07. The molecule has 0 unspecified atom stereocenters. The Bertz CT molecular complexity index is 718. The van der Waals surface area contributed by atoms with Gasteiger partial charge in [0.1, 0.15) is 5.75 Å². The first-order chi connectivity index (χ1) is 9.29. The van der Waals surface area contributed by atoms with Gasteiger partial charge in [-0.2, -0.15) is 0 Å². The molecule has 0 radical (unpaired) electrons. The molecule has 0 N–H and O–H groups in total. The van der Waals surface area contributed by atoms with Crippen LogP contribution in [0.2, 0.25) is 5.02 Å². The summed E-state index contributed by atoms with van der Waals surface area (Å²) in [4.78, 5) is 0. The second kappa shape index (κ2) is 4.98. The van der Waals surface area contributed by atoms with Gasteiger partial charge in [-0.1, -0.05) is 35.9 Å². The number of hydrogen-bond donors (Lipinski definition) is 0. The van der Waals surface area contributed by atoms with E-state index in [1.165, 1.54) is 0 Å². The quantitative estimate of drug-likeness (QED) is 0.691. The van der Waals surface area contributed by atoms with Gasteiger partial charge in [0.25, 0.3) is 0 Å². The van der Waals surface area contributed by atoms with Gasteiger partial charge in [-0.25, -0.2) is 0 Å². The highest BCUT2D eigenvalue weighted by atomic mass is 35.5. The zero-order valence-corrected chi connectivity index (χ0v) is 11.4. The predicted octanol–water partition coefficient (Wildman–Crippen LogP) is 4.35. The molecule has 2 aromatic carbocycles. The summed E-state index contributed by atoms with van der Waals surface area (Å²) in [5, 5.41) is 1.92. The molecule has 0 fully saturated rings. The molecule has 3 aromatic rings. The van der Waals surface area contributed by atoms with Crippen LogP contribution in [0.1, 0.15) is 5.56 Å². The smallest absolute Gasteiger partial charge is 0.128 e. The second-order valence-electron chi connectivity index (χ2n) is 4.43. The largest absolute Gasteiger partial charge is 0.496 e. The molecule has 0 saturated heterocycles. The molecule has 1 aromatic heterocycles. The molecule has 0 amide bonds. The standard InChI is InChI=1S/C16H14ClNO/c1-19-16-8-4-7-15-13(16)9-10-18(15)11-12-5-2-3-6-14(12)17/h2-10H,11H2,1H3. The maximum atomic E-state index is 6.21. The number of nitrogens with zero attached hydrogens (tertiary/aromatic N) is 1. The van der Waals surface area contributed by atoms with E-state index in [1.807, 2.05) is 36.4 Å². The van der Waals surface area contributed by atoms with Gasteiger partial charge in [0.05, 0.1) is 12.6 Å². The Kier molecular flexibility index (Phi) is 3.18. The van der Waals surface area contributed by atoms with Crippen LogP contribution >= 0.6 is 11.6 Å².